The molecule has 0 saturated heterocycles. The highest BCUT2D eigenvalue weighted by Gasteiger charge is 2.36. The molecule has 1 heterocycles. The molecule has 39 heavy (non-hydrogen) atoms. The average molecular weight is 568 g/mol. The van der Waals surface area contributed by atoms with E-state index in [-0.39, 0.29) is 45.6 Å². The standard InChI is InChI=1S/C26H19ClF5N3O4/c1-35(2)25(38)39-11-12-5-18-21(22(34-24(18)37)17-10-15(28)3-4-19(17)27)20(6-12)33-23(36)13-7-14(26(30,31)32)9-16(29)8-13/h3-10,22H,11H2,1-2H3,(H,33,36)(H,34,37). The summed E-state index contributed by atoms with van der Waals surface area (Å²) in [5.41, 5.74) is -1.54. The normalized spacial score (nSPS) is 14.5. The first kappa shape index (κ1) is 27.8. The predicted molar refractivity (Wildman–Crippen MR) is 130 cm³/mol. The number of nitrogens with one attached hydrogen (secondary N) is 2. The van der Waals surface area contributed by atoms with E-state index >= 15 is 0 Å². The van der Waals surface area contributed by atoms with Crippen LogP contribution in [0.3, 0.4) is 0 Å². The molecule has 204 valence electrons. The molecule has 3 aromatic rings. The van der Waals surface area contributed by atoms with Gasteiger partial charge in [-0.3, -0.25) is 9.59 Å². The molecule has 13 heteroatoms. The number of amides is 3. The van der Waals surface area contributed by atoms with Gasteiger partial charge in [-0.2, -0.15) is 13.2 Å². The van der Waals surface area contributed by atoms with Crippen LogP contribution in [0.15, 0.2) is 48.5 Å². The Morgan fingerprint density at radius 2 is 1.77 bits per heavy atom. The van der Waals surface area contributed by atoms with Crippen LogP contribution in [0.2, 0.25) is 5.02 Å². The van der Waals surface area contributed by atoms with Crippen molar-refractivity contribution < 1.29 is 41.1 Å². The Labute approximate surface area is 223 Å². The average Bonchev–Trinajstić information content (AvgIpc) is 3.19. The van der Waals surface area contributed by atoms with Crippen LogP contribution in [0.5, 0.6) is 0 Å². The number of nitrogens with zero attached hydrogens (tertiary/aromatic N) is 1. The molecule has 7 nitrogen and oxygen atoms in total. The van der Waals surface area contributed by atoms with Gasteiger partial charge in [0, 0.05) is 47.1 Å². The minimum Gasteiger partial charge on any atom is -0.445 e. The number of ether oxygens (including phenoxy) is 1. The second-order valence-corrected chi connectivity index (χ2v) is 9.21. The van der Waals surface area contributed by atoms with Crippen molar-refractivity contribution in [2.24, 2.45) is 0 Å². The fourth-order valence-corrected chi connectivity index (χ4v) is 4.23. The number of alkyl halides is 3. The minimum atomic E-state index is -4.91. The molecule has 1 aliphatic heterocycles. The molecule has 0 spiro atoms. The van der Waals surface area contributed by atoms with Gasteiger partial charge in [0.2, 0.25) is 0 Å². The highest BCUT2D eigenvalue weighted by molar-refractivity contribution is 6.31. The summed E-state index contributed by atoms with van der Waals surface area (Å²) in [5.74, 6) is -3.69. The summed E-state index contributed by atoms with van der Waals surface area (Å²) in [6.07, 6.45) is -5.61. The molecule has 4 rings (SSSR count). The van der Waals surface area contributed by atoms with Crippen LogP contribution in [0.1, 0.15) is 49.0 Å². The van der Waals surface area contributed by atoms with Crippen molar-refractivity contribution in [2.45, 2.75) is 18.8 Å². The van der Waals surface area contributed by atoms with Gasteiger partial charge in [-0.1, -0.05) is 11.6 Å². The van der Waals surface area contributed by atoms with E-state index in [2.05, 4.69) is 10.6 Å². The van der Waals surface area contributed by atoms with Crippen LogP contribution in [-0.2, 0) is 17.5 Å². The van der Waals surface area contributed by atoms with E-state index in [9.17, 15) is 36.3 Å². The molecule has 0 saturated carbocycles. The van der Waals surface area contributed by atoms with Gasteiger partial charge in [-0.15, -0.1) is 0 Å². The number of benzene rings is 3. The van der Waals surface area contributed by atoms with Crippen molar-refractivity contribution in [3.63, 3.8) is 0 Å². The summed E-state index contributed by atoms with van der Waals surface area (Å²) in [4.78, 5) is 39.0. The maximum absolute atomic E-state index is 14.1. The van der Waals surface area contributed by atoms with Crippen molar-refractivity contribution in [1.29, 1.82) is 0 Å². The number of hydrogen-bond acceptors (Lipinski definition) is 4. The van der Waals surface area contributed by atoms with Gasteiger partial charge < -0.3 is 20.3 Å². The fourth-order valence-electron chi connectivity index (χ4n) is 4.00. The van der Waals surface area contributed by atoms with Crippen molar-refractivity contribution >= 4 is 35.2 Å². The third-order valence-corrected chi connectivity index (χ3v) is 6.12. The van der Waals surface area contributed by atoms with Gasteiger partial charge in [0.05, 0.1) is 11.6 Å². The summed E-state index contributed by atoms with van der Waals surface area (Å²) in [6.45, 7) is -0.329. The molecule has 1 atom stereocenters. The van der Waals surface area contributed by atoms with Crippen LogP contribution in [-0.4, -0.2) is 36.9 Å². The van der Waals surface area contributed by atoms with Crippen LogP contribution in [0.4, 0.5) is 32.4 Å². The van der Waals surface area contributed by atoms with Gasteiger partial charge in [0.1, 0.15) is 18.2 Å². The lowest BCUT2D eigenvalue weighted by Crippen LogP contribution is -2.22. The molecule has 3 amide bonds. The van der Waals surface area contributed by atoms with E-state index in [0.29, 0.717) is 12.1 Å². The summed E-state index contributed by atoms with van der Waals surface area (Å²) in [6, 6.07) is 6.49. The summed E-state index contributed by atoms with van der Waals surface area (Å²) in [7, 11) is 2.90. The van der Waals surface area contributed by atoms with Gasteiger partial charge in [-0.05, 0) is 54.1 Å². The predicted octanol–water partition coefficient (Wildman–Crippen LogP) is 5.92. The first-order valence-corrected chi connectivity index (χ1v) is 11.6. The molecular weight excluding hydrogens is 549 g/mol. The van der Waals surface area contributed by atoms with E-state index < -0.39 is 52.9 Å². The molecule has 0 aliphatic carbocycles. The number of anilines is 1. The lowest BCUT2D eigenvalue weighted by molar-refractivity contribution is -0.137. The Kier molecular flexibility index (Phi) is 7.51. The molecule has 2 N–H and O–H groups in total. The topological polar surface area (TPSA) is 87.7 Å². The van der Waals surface area contributed by atoms with Crippen molar-refractivity contribution in [3.8, 4) is 0 Å². The largest absolute Gasteiger partial charge is 0.445 e. The van der Waals surface area contributed by atoms with E-state index in [1.165, 1.54) is 32.3 Å². The third kappa shape index (κ3) is 5.95. The van der Waals surface area contributed by atoms with E-state index in [4.69, 9.17) is 16.3 Å². The first-order chi connectivity index (χ1) is 18.2. The summed E-state index contributed by atoms with van der Waals surface area (Å²) in [5, 5.41) is 5.15. The molecular formula is C26H19ClF5N3O4. The Bertz CT molecular complexity index is 1490. The lowest BCUT2D eigenvalue weighted by Gasteiger charge is -2.19. The quantitative estimate of drug-likeness (QED) is 0.375. The van der Waals surface area contributed by atoms with E-state index in [0.717, 1.165) is 17.0 Å². The Morgan fingerprint density at radius 1 is 1.05 bits per heavy atom. The smallest absolute Gasteiger partial charge is 0.416 e. The van der Waals surface area contributed by atoms with Gasteiger partial charge in [-0.25, -0.2) is 13.6 Å². The zero-order valence-corrected chi connectivity index (χ0v) is 21.0. The fraction of sp³-hybridized carbons (Fsp3) is 0.192. The summed E-state index contributed by atoms with van der Waals surface area (Å²) < 4.78 is 72.8. The molecule has 1 unspecified atom stereocenters. The number of hydrogen-bond donors (Lipinski definition) is 2. The Hall–Kier alpha value is -4.19. The zero-order valence-electron chi connectivity index (χ0n) is 20.3. The monoisotopic (exact) mass is 567 g/mol. The van der Waals surface area contributed by atoms with Gasteiger partial charge >= 0.3 is 12.3 Å². The minimum absolute atomic E-state index is 0.0178. The van der Waals surface area contributed by atoms with Crippen LogP contribution in [0.25, 0.3) is 0 Å². The number of fused-ring (bicyclic) bond motifs is 1. The van der Waals surface area contributed by atoms with Crippen molar-refractivity contribution in [3.05, 3.63) is 98.6 Å². The second kappa shape index (κ2) is 10.5. The first-order valence-electron chi connectivity index (χ1n) is 11.2. The Balaban J connectivity index is 1.80. The van der Waals surface area contributed by atoms with Crippen LogP contribution < -0.4 is 10.6 Å². The van der Waals surface area contributed by atoms with E-state index in [1.54, 1.807) is 0 Å². The van der Waals surface area contributed by atoms with Crippen LogP contribution >= 0.6 is 11.6 Å². The maximum atomic E-state index is 14.1. The van der Waals surface area contributed by atoms with Gasteiger partial charge in [0.25, 0.3) is 11.8 Å². The highest BCUT2D eigenvalue weighted by Crippen LogP contribution is 2.40. The van der Waals surface area contributed by atoms with Gasteiger partial charge in [0.15, 0.2) is 0 Å². The third-order valence-electron chi connectivity index (χ3n) is 5.78. The molecule has 0 fully saturated rings. The number of carbonyl (C=O) groups is 3. The molecule has 0 aromatic heterocycles. The van der Waals surface area contributed by atoms with E-state index in [1.807, 2.05) is 0 Å². The molecule has 0 bridgehead atoms. The number of rotatable bonds is 5. The van der Waals surface area contributed by atoms with Crippen molar-refractivity contribution in [1.82, 2.24) is 10.2 Å². The number of halogens is 6. The van der Waals surface area contributed by atoms with Crippen molar-refractivity contribution in [2.75, 3.05) is 19.4 Å². The summed E-state index contributed by atoms with van der Waals surface area (Å²) >= 11 is 6.25. The molecule has 0 radical (unpaired) electrons. The lowest BCUT2D eigenvalue weighted by atomic mass is 9.94. The zero-order chi connectivity index (χ0) is 28.6. The van der Waals surface area contributed by atoms with Crippen LogP contribution in [0, 0.1) is 11.6 Å². The number of carbonyl (C=O) groups excluding carboxylic acids is 3. The molecule has 1 aliphatic rings. The highest BCUT2D eigenvalue weighted by atomic mass is 35.5. The maximum Gasteiger partial charge on any atom is 0.416 e. The second-order valence-electron chi connectivity index (χ2n) is 8.81. The SMILES string of the molecule is CN(C)C(=O)OCc1cc(NC(=O)c2cc(F)cc(C(F)(F)F)c2)c2c(c1)C(=O)NC2c1cc(F)ccc1Cl. The molecule has 3 aromatic carbocycles. The Morgan fingerprint density at radius 3 is 2.44 bits per heavy atom.